The predicted molar refractivity (Wildman–Crippen MR) is 136 cm³/mol. The van der Waals surface area contributed by atoms with Crippen molar-refractivity contribution >= 4 is 28.9 Å². The van der Waals surface area contributed by atoms with Gasteiger partial charge in [-0.25, -0.2) is 19.6 Å². The molecular weight excluding hydrogens is 495 g/mol. The summed E-state index contributed by atoms with van der Waals surface area (Å²) in [6, 6.07) is 8.13. The van der Waals surface area contributed by atoms with Crippen molar-refractivity contribution < 1.29 is 17.9 Å². The lowest BCUT2D eigenvalue weighted by Gasteiger charge is -2.23. The van der Waals surface area contributed by atoms with Gasteiger partial charge in [0.25, 0.3) is 0 Å². The third-order valence-corrected chi connectivity index (χ3v) is 5.90. The Bertz CT molecular complexity index is 1250. The number of amidine groups is 1. The molecule has 0 atom stereocenters. The number of anilines is 2. The molecule has 0 saturated carbocycles. The van der Waals surface area contributed by atoms with Crippen molar-refractivity contribution in [1.29, 1.82) is 0 Å². The number of likely N-dealkylation sites (N-methyl/N-ethyl adjacent to an activating group) is 1. The largest absolute Gasteiger partial charge is 0.489 e. The van der Waals surface area contributed by atoms with E-state index in [1.54, 1.807) is 0 Å². The first-order valence-corrected chi connectivity index (χ1v) is 11.5. The maximum Gasteiger partial charge on any atom is 0.202 e. The van der Waals surface area contributed by atoms with E-state index in [0.29, 0.717) is 17.7 Å². The molecule has 1 heterocycles. The molecule has 0 aliphatic heterocycles. The van der Waals surface area contributed by atoms with Gasteiger partial charge in [-0.1, -0.05) is 31.5 Å². The summed E-state index contributed by atoms with van der Waals surface area (Å²) in [5.41, 5.74) is 6.79. The predicted octanol–water partition coefficient (Wildman–Crippen LogP) is 4.12. The van der Waals surface area contributed by atoms with Crippen molar-refractivity contribution in [3.63, 3.8) is 0 Å². The molecule has 3 aromatic rings. The highest BCUT2D eigenvalue weighted by atomic mass is 35.5. The number of hydrazone groups is 1. The summed E-state index contributed by atoms with van der Waals surface area (Å²) in [4.78, 5) is 6.18. The van der Waals surface area contributed by atoms with Gasteiger partial charge < -0.3 is 21.2 Å². The molecule has 0 aliphatic carbocycles. The number of nitrogen functional groups attached to an aromatic ring is 1. The van der Waals surface area contributed by atoms with Gasteiger partial charge in [-0.3, -0.25) is 5.01 Å². The van der Waals surface area contributed by atoms with Gasteiger partial charge in [-0.05, 0) is 49.0 Å². The average molecular weight is 522 g/mol. The zero-order valence-electron chi connectivity index (χ0n) is 19.8. The Morgan fingerprint density at radius 3 is 2.42 bits per heavy atom. The highest BCUT2D eigenvalue weighted by molar-refractivity contribution is 6.31. The SMILES string of the molecule is CCN(CC)CCOc1ccc(N(N)/C(=N\N)c2cc(-c3ccc(F)c(Cl)c3)cnc2N)c(F)c1F. The first kappa shape index (κ1) is 27.1. The van der Waals surface area contributed by atoms with E-state index in [4.69, 9.17) is 33.8 Å². The van der Waals surface area contributed by atoms with Gasteiger partial charge in [0.05, 0.1) is 16.3 Å². The van der Waals surface area contributed by atoms with E-state index >= 15 is 0 Å². The van der Waals surface area contributed by atoms with Crippen LogP contribution in [-0.2, 0) is 0 Å². The fourth-order valence-corrected chi connectivity index (χ4v) is 3.69. The van der Waals surface area contributed by atoms with E-state index in [2.05, 4.69) is 15.0 Å². The first-order chi connectivity index (χ1) is 17.2. The standard InChI is InChI=1S/C24H27ClF3N7O/c1-3-34(4-2)9-10-36-20-8-7-19(21(27)22(20)28)35(31)24(33-30)16-11-15(13-32-23(16)29)14-5-6-18(26)17(25)12-14/h5-8,11-13H,3-4,9-10,30-31H2,1-2H3,(H2,29,32)/b33-24-. The molecule has 0 fully saturated rings. The molecule has 1 aromatic heterocycles. The van der Waals surface area contributed by atoms with Gasteiger partial charge in [-0.2, -0.15) is 9.49 Å². The second-order valence-electron chi connectivity index (χ2n) is 7.69. The summed E-state index contributed by atoms with van der Waals surface area (Å²) >= 11 is 5.88. The van der Waals surface area contributed by atoms with Crippen molar-refractivity contribution in [2.45, 2.75) is 13.8 Å². The summed E-state index contributed by atoms with van der Waals surface area (Å²) in [5, 5.41) is 4.30. The Morgan fingerprint density at radius 1 is 1.06 bits per heavy atom. The van der Waals surface area contributed by atoms with E-state index < -0.39 is 17.5 Å². The normalized spacial score (nSPS) is 11.7. The molecule has 8 nitrogen and oxygen atoms in total. The fourth-order valence-electron chi connectivity index (χ4n) is 3.51. The number of halogens is 4. The van der Waals surface area contributed by atoms with Crippen LogP contribution in [0.4, 0.5) is 24.7 Å². The molecule has 192 valence electrons. The molecule has 12 heteroatoms. The van der Waals surface area contributed by atoms with Crippen molar-refractivity contribution in [1.82, 2.24) is 9.88 Å². The number of hydrazine groups is 1. The minimum absolute atomic E-state index is 0.0242. The zero-order chi connectivity index (χ0) is 26.4. The summed E-state index contributed by atoms with van der Waals surface area (Å²) < 4.78 is 48.7. The van der Waals surface area contributed by atoms with Crippen LogP contribution >= 0.6 is 11.6 Å². The zero-order valence-corrected chi connectivity index (χ0v) is 20.6. The lowest BCUT2D eigenvalue weighted by Crippen LogP contribution is -2.40. The van der Waals surface area contributed by atoms with Crippen LogP contribution in [0.25, 0.3) is 11.1 Å². The highest BCUT2D eigenvalue weighted by Gasteiger charge is 2.23. The van der Waals surface area contributed by atoms with Crippen LogP contribution in [0.2, 0.25) is 5.02 Å². The van der Waals surface area contributed by atoms with Crippen molar-refractivity contribution in [2.75, 3.05) is 37.0 Å². The molecule has 0 unspecified atom stereocenters. The fraction of sp³-hybridized carbons (Fsp3) is 0.250. The molecule has 36 heavy (non-hydrogen) atoms. The number of benzene rings is 2. The van der Waals surface area contributed by atoms with Crippen LogP contribution < -0.4 is 27.2 Å². The lowest BCUT2D eigenvalue weighted by molar-refractivity contribution is 0.216. The summed E-state index contributed by atoms with van der Waals surface area (Å²) in [7, 11) is 0. The van der Waals surface area contributed by atoms with E-state index in [-0.39, 0.29) is 40.3 Å². The Morgan fingerprint density at radius 2 is 1.78 bits per heavy atom. The molecule has 0 saturated heterocycles. The molecular formula is C24H27ClF3N7O. The van der Waals surface area contributed by atoms with Crippen LogP contribution in [0.15, 0.2) is 47.7 Å². The van der Waals surface area contributed by atoms with Crippen LogP contribution in [0, 0.1) is 17.5 Å². The summed E-state index contributed by atoms with van der Waals surface area (Å²) in [6.45, 7) is 6.36. The molecule has 0 aliphatic rings. The van der Waals surface area contributed by atoms with Crippen molar-refractivity contribution in [2.24, 2.45) is 16.8 Å². The van der Waals surface area contributed by atoms with Crippen molar-refractivity contribution in [3.05, 3.63) is 70.6 Å². The van der Waals surface area contributed by atoms with E-state index in [0.717, 1.165) is 18.1 Å². The number of hydrogen-bond donors (Lipinski definition) is 3. The van der Waals surface area contributed by atoms with Gasteiger partial charge in [0.2, 0.25) is 5.82 Å². The van der Waals surface area contributed by atoms with E-state index in [1.165, 1.54) is 42.6 Å². The Hall–Kier alpha value is -3.54. The van der Waals surface area contributed by atoms with Gasteiger partial charge in [-0.15, -0.1) is 0 Å². The Kier molecular flexibility index (Phi) is 8.97. The molecule has 2 aromatic carbocycles. The monoisotopic (exact) mass is 521 g/mol. The second kappa shape index (κ2) is 11.9. The van der Waals surface area contributed by atoms with E-state index in [9.17, 15) is 13.2 Å². The smallest absolute Gasteiger partial charge is 0.202 e. The third kappa shape index (κ3) is 5.81. The molecule has 6 N–H and O–H groups in total. The van der Waals surface area contributed by atoms with Crippen LogP contribution in [-0.4, -0.2) is 42.0 Å². The molecule has 0 radical (unpaired) electrons. The number of aromatic nitrogens is 1. The van der Waals surface area contributed by atoms with Crippen LogP contribution in [0.3, 0.4) is 0 Å². The summed E-state index contributed by atoms with van der Waals surface area (Å²) in [5.74, 6) is 8.13. The van der Waals surface area contributed by atoms with Gasteiger partial charge in [0.1, 0.15) is 18.2 Å². The maximum atomic E-state index is 15.0. The molecule has 0 amide bonds. The number of ether oxygens (including phenoxy) is 1. The van der Waals surface area contributed by atoms with Gasteiger partial charge >= 0.3 is 0 Å². The quantitative estimate of drug-likeness (QED) is 0.168. The summed E-state index contributed by atoms with van der Waals surface area (Å²) in [6.07, 6.45) is 1.43. The average Bonchev–Trinajstić information content (AvgIpc) is 2.87. The van der Waals surface area contributed by atoms with Gasteiger partial charge in [0, 0.05) is 18.3 Å². The Balaban J connectivity index is 1.89. The number of nitrogens with two attached hydrogens (primary N) is 3. The van der Waals surface area contributed by atoms with Crippen molar-refractivity contribution in [3.8, 4) is 16.9 Å². The molecule has 0 spiro atoms. The Labute approximate surface area is 212 Å². The topological polar surface area (TPSA) is 119 Å². The lowest BCUT2D eigenvalue weighted by atomic mass is 10.0. The van der Waals surface area contributed by atoms with Crippen LogP contribution in [0.1, 0.15) is 19.4 Å². The highest BCUT2D eigenvalue weighted by Crippen LogP contribution is 2.30. The minimum atomic E-state index is -1.26. The molecule has 3 rings (SSSR count). The third-order valence-electron chi connectivity index (χ3n) is 5.61. The maximum absolute atomic E-state index is 15.0. The number of nitrogens with zero attached hydrogens (tertiary/aromatic N) is 4. The minimum Gasteiger partial charge on any atom is -0.489 e. The second-order valence-corrected chi connectivity index (χ2v) is 8.10. The van der Waals surface area contributed by atoms with Crippen LogP contribution in [0.5, 0.6) is 5.75 Å². The number of rotatable bonds is 9. The van der Waals surface area contributed by atoms with Gasteiger partial charge in [0.15, 0.2) is 17.4 Å². The van der Waals surface area contributed by atoms with E-state index in [1.807, 2.05) is 13.8 Å². The first-order valence-electron chi connectivity index (χ1n) is 11.1. The number of pyridine rings is 1. The molecule has 0 bridgehead atoms. The number of hydrogen-bond acceptors (Lipinski definition) is 7.